The maximum atomic E-state index is 2.36. The first kappa shape index (κ1) is 14.8. The highest BCUT2D eigenvalue weighted by Crippen LogP contribution is 2.60. The molecule has 0 saturated carbocycles. The molecule has 1 spiro atoms. The molecular weight excluding hydrogens is 236 g/mol. The fourth-order valence-electron chi connectivity index (χ4n) is 4.32. The van der Waals surface area contributed by atoms with Crippen LogP contribution in [-0.2, 0) is 0 Å². The van der Waals surface area contributed by atoms with E-state index in [-0.39, 0.29) is 10.0 Å². The summed E-state index contributed by atoms with van der Waals surface area (Å²) in [5.74, 6) is 8.89. The number of rotatable bonds is 6. The Morgan fingerprint density at radius 3 is 1.78 bits per heavy atom. The van der Waals surface area contributed by atoms with Crippen molar-refractivity contribution in [2.45, 2.75) is 71.6 Å². The van der Waals surface area contributed by atoms with Gasteiger partial charge in [0.2, 0.25) is 0 Å². The topological polar surface area (TPSA) is 0 Å². The maximum absolute atomic E-state index is 2.36. The van der Waals surface area contributed by atoms with Gasteiger partial charge in [-0.2, -0.15) is 0 Å². The average molecular weight is 271 g/mol. The van der Waals surface area contributed by atoms with Gasteiger partial charge in [0.1, 0.15) is 0 Å². The van der Waals surface area contributed by atoms with E-state index in [4.69, 9.17) is 0 Å². The van der Waals surface area contributed by atoms with Crippen molar-refractivity contribution in [1.29, 1.82) is 0 Å². The van der Waals surface area contributed by atoms with Gasteiger partial charge >= 0.3 is 0 Å². The van der Waals surface area contributed by atoms with E-state index in [0.717, 1.165) is 11.8 Å². The van der Waals surface area contributed by atoms with Crippen molar-refractivity contribution in [2.24, 2.45) is 11.8 Å². The fraction of sp³-hybridized carbons (Fsp3) is 1.00. The second kappa shape index (κ2) is 7.22. The molecule has 2 atom stereocenters. The van der Waals surface area contributed by atoms with Crippen LogP contribution in [-0.4, -0.2) is 23.0 Å². The van der Waals surface area contributed by atoms with Gasteiger partial charge in [-0.15, -0.1) is 0 Å². The van der Waals surface area contributed by atoms with E-state index >= 15 is 0 Å². The lowest BCUT2D eigenvalue weighted by Crippen LogP contribution is -2.31. The van der Waals surface area contributed by atoms with Crippen molar-refractivity contribution < 1.29 is 0 Å². The van der Waals surface area contributed by atoms with E-state index in [1.54, 1.807) is 55.1 Å². The number of hydrogen-bond donors (Lipinski definition) is 0. The molecule has 0 aliphatic carbocycles. The minimum Gasteiger partial charge on any atom is -0.240 e. The summed E-state index contributed by atoms with van der Waals surface area (Å²) in [6.07, 6.45) is 13.6. The van der Waals surface area contributed by atoms with E-state index < -0.39 is 0 Å². The normalized spacial score (nSPS) is 32.8. The van der Waals surface area contributed by atoms with E-state index in [2.05, 4.69) is 13.8 Å². The number of unbranched alkanes of at least 4 members (excludes halogenated alkanes) is 2. The standard InChI is InChI=1S/C17H34S/c1-3-5-9-16-13-17(10-6-4-2)15-18(14-16)11-7-8-12-18/h16-17H,3-15H2,1-2H3. The van der Waals surface area contributed by atoms with Crippen LogP contribution < -0.4 is 0 Å². The molecule has 2 saturated heterocycles. The molecule has 0 aromatic carbocycles. The van der Waals surface area contributed by atoms with Crippen molar-refractivity contribution in [1.82, 2.24) is 0 Å². The molecule has 0 aromatic heterocycles. The summed E-state index contributed by atoms with van der Waals surface area (Å²) >= 11 is 0. The van der Waals surface area contributed by atoms with Crippen molar-refractivity contribution in [3.05, 3.63) is 0 Å². The van der Waals surface area contributed by atoms with Gasteiger partial charge < -0.3 is 0 Å². The SMILES string of the molecule is CCCCC1CC(CCCC)CS2(CCCC2)C1. The molecule has 2 unspecified atom stereocenters. The molecular formula is C17H34S. The highest BCUT2D eigenvalue weighted by Gasteiger charge is 2.37. The molecule has 108 valence electrons. The molecule has 2 rings (SSSR count). The van der Waals surface area contributed by atoms with Crippen LogP contribution in [0.1, 0.15) is 71.6 Å². The highest BCUT2D eigenvalue weighted by atomic mass is 32.3. The molecule has 0 radical (unpaired) electrons. The minimum absolute atomic E-state index is 0.122. The zero-order valence-corrected chi connectivity index (χ0v) is 13.6. The Kier molecular flexibility index (Phi) is 5.92. The summed E-state index contributed by atoms with van der Waals surface area (Å²) in [6.45, 7) is 4.71. The Labute approximate surface area is 117 Å². The van der Waals surface area contributed by atoms with Gasteiger partial charge in [-0.3, -0.25) is 0 Å². The van der Waals surface area contributed by atoms with E-state index in [1.807, 2.05) is 0 Å². The Bertz CT molecular complexity index is 212. The lowest BCUT2D eigenvalue weighted by molar-refractivity contribution is 0.357. The van der Waals surface area contributed by atoms with Crippen LogP contribution in [0.4, 0.5) is 0 Å². The second-order valence-corrected chi connectivity index (χ2v) is 10.9. The molecule has 2 aliphatic heterocycles. The first-order valence-corrected chi connectivity index (χ1v) is 10.8. The van der Waals surface area contributed by atoms with Crippen molar-refractivity contribution in [3.63, 3.8) is 0 Å². The third-order valence-corrected chi connectivity index (χ3v) is 9.85. The van der Waals surface area contributed by atoms with Gasteiger partial charge in [-0.05, 0) is 67.0 Å². The first-order valence-electron chi connectivity index (χ1n) is 8.52. The summed E-state index contributed by atoms with van der Waals surface area (Å²) < 4.78 is 0. The zero-order valence-electron chi connectivity index (χ0n) is 12.8. The smallest absolute Gasteiger partial charge is 0.0199 e. The summed E-state index contributed by atoms with van der Waals surface area (Å²) in [6, 6.07) is 0. The lowest BCUT2D eigenvalue weighted by Gasteiger charge is -2.47. The lowest BCUT2D eigenvalue weighted by atomic mass is 9.89. The first-order chi connectivity index (χ1) is 8.78. The quantitative estimate of drug-likeness (QED) is 0.589. The molecule has 0 N–H and O–H groups in total. The summed E-state index contributed by atoms with van der Waals surface area (Å²) in [5.41, 5.74) is 0. The predicted molar refractivity (Wildman–Crippen MR) is 86.9 cm³/mol. The molecule has 0 nitrogen and oxygen atoms in total. The third-order valence-electron chi connectivity index (χ3n) is 5.18. The summed E-state index contributed by atoms with van der Waals surface area (Å²) in [4.78, 5) is 0. The van der Waals surface area contributed by atoms with Gasteiger partial charge in [0.05, 0.1) is 0 Å². The van der Waals surface area contributed by atoms with Gasteiger partial charge in [-0.25, -0.2) is 10.0 Å². The van der Waals surface area contributed by atoms with Crippen molar-refractivity contribution in [2.75, 3.05) is 23.0 Å². The summed E-state index contributed by atoms with van der Waals surface area (Å²) in [7, 11) is -0.122. The van der Waals surface area contributed by atoms with Crippen LogP contribution in [0.2, 0.25) is 0 Å². The number of hydrogen-bond acceptors (Lipinski definition) is 0. The largest absolute Gasteiger partial charge is 0.240 e. The summed E-state index contributed by atoms with van der Waals surface area (Å²) in [5, 5.41) is 0. The van der Waals surface area contributed by atoms with Crippen LogP contribution >= 0.6 is 10.0 Å². The Hall–Kier alpha value is 0.350. The molecule has 18 heavy (non-hydrogen) atoms. The van der Waals surface area contributed by atoms with Crippen LogP contribution in [0.25, 0.3) is 0 Å². The Balaban J connectivity index is 1.91. The van der Waals surface area contributed by atoms with Crippen molar-refractivity contribution >= 4 is 10.0 Å². The van der Waals surface area contributed by atoms with Crippen LogP contribution in [0.3, 0.4) is 0 Å². The predicted octanol–water partition coefficient (Wildman–Crippen LogP) is 5.60. The fourth-order valence-corrected chi connectivity index (χ4v) is 9.56. The Morgan fingerprint density at radius 1 is 0.833 bits per heavy atom. The average Bonchev–Trinajstić information content (AvgIpc) is 2.81. The second-order valence-electron chi connectivity index (χ2n) is 6.93. The van der Waals surface area contributed by atoms with Crippen LogP contribution in [0.15, 0.2) is 0 Å². The van der Waals surface area contributed by atoms with E-state index in [9.17, 15) is 0 Å². The van der Waals surface area contributed by atoms with Crippen LogP contribution in [0.5, 0.6) is 0 Å². The van der Waals surface area contributed by atoms with Gasteiger partial charge in [0.25, 0.3) is 0 Å². The van der Waals surface area contributed by atoms with E-state index in [0.29, 0.717) is 0 Å². The monoisotopic (exact) mass is 270 g/mol. The maximum Gasteiger partial charge on any atom is -0.0199 e. The Morgan fingerprint density at radius 2 is 1.33 bits per heavy atom. The molecule has 0 amide bonds. The molecule has 1 heteroatoms. The molecule has 0 bridgehead atoms. The molecule has 0 aromatic rings. The van der Waals surface area contributed by atoms with Crippen LogP contribution in [0, 0.1) is 11.8 Å². The molecule has 2 fully saturated rings. The zero-order chi connectivity index (χ0) is 12.8. The van der Waals surface area contributed by atoms with Gasteiger partial charge in [-0.1, -0.05) is 39.5 Å². The third kappa shape index (κ3) is 3.92. The van der Waals surface area contributed by atoms with Gasteiger partial charge in [0, 0.05) is 0 Å². The van der Waals surface area contributed by atoms with Crippen molar-refractivity contribution in [3.8, 4) is 0 Å². The van der Waals surface area contributed by atoms with E-state index in [1.165, 1.54) is 25.7 Å². The molecule has 2 heterocycles. The minimum atomic E-state index is -0.122. The highest BCUT2D eigenvalue weighted by molar-refractivity contribution is 8.33. The molecule has 2 aliphatic rings. The van der Waals surface area contributed by atoms with Gasteiger partial charge in [0.15, 0.2) is 0 Å².